The Morgan fingerprint density at radius 2 is 1.74 bits per heavy atom. The zero-order chi connectivity index (χ0) is 16.4. The van der Waals surface area contributed by atoms with Gasteiger partial charge in [0.15, 0.2) is 0 Å². The standard InChI is InChI=1S/C15H11ClN2O4S/c16-11-5-7-12(8-6-11)17-15(19)18-23(20,21)14-9-10-3-1-2-4-13(10)22-14/h1-9H,(H2,17,18,19). The summed E-state index contributed by atoms with van der Waals surface area (Å²) < 4.78 is 31.5. The Labute approximate surface area is 137 Å². The van der Waals surface area contributed by atoms with Crippen LogP contribution in [-0.2, 0) is 10.0 Å². The molecule has 2 amide bonds. The molecule has 0 bridgehead atoms. The molecule has 8 heteroatoms. The lowest BCUT2D eigenvalue weighted by atomic mass is 10.3. The Bertz CT molecular complexity index is 932. The number of amides is 2. The number of hydrogen-bond donors (Lipinski definition) is 2. The molecule has 2 aromatic carbocycles. The largest absolute Gasteiger partial charge is 0.443 e. The van der Waals surface area contributed by atoms with Gasteiger partial charge in [0.2, 0.25) is 5.09 Å². The molecule has 0 aliphatic rings. The zero-order valence-corrected chi connectivity index (χ0v) is 13.2. The highest BCUT2D eigenvalue weighted by molar-refractivity contribution is 7.90. The monoisotopic (exact) mass is 350 g/mol. The van der Waals surface area contributed by atoms with E-state index >= 15 is 0 Å². The smallest absolute Gasteiger partial charge is 0.333 e. The molecule has 3 aromatic rings. The summed E-state index contributed by atoms with van der Waals surface area (Å²) in [6, 6.07) is 13.5. The van der Waals surface area contributed by atoms with Crippen LogP contribution in [0.5, 0.6) is 0 Å². The Morgan fingerprint density at radius 1 is 1.04 bits per heavy atom. The molecule has 0 aliphatic carbocycles. The molecule has 3 rings (SSSR count). The van der Waals surface area contributed by atoms with Gasteiger partial charge in [-0.2, -0.15) is 8.42 Å². The summed E-state index contributed by atoms with van der Waals surface area (Å²) in [5.74, 6) is 0. The molecule has 6 nitrogen and oxygen atoms in total. The maximum Gasteiger partial charge on any atom is 0.333 e. The first kappa shape index (κ1) is 15.4. The fraction of sp³-hybridized carbons (Fsp3) is 0. The van der Waals surface area contributed by atoms with Crippen molar-refractivity contribution < 1.29 is 17.6 Å². The van der Waals surface area contributed by atoms with Gasteiger partial charge in [0.1, 0.15) is 5.58 Å². The van der Waals surface area contributed by atoms with Crippen molar-refractivity contribution in [3.05, 3.63) is 59.6 Å². The van der Waals surface area contributed by atoms with Crippen LogP contribution in [0.4, 0.5) is 10.5 Å². The van der Waals surface area contributed by atoms with Crippen molar-refractivity contribution in [3.63, 3.8) is 0 Å². The van der Waals surface area contributed by atoms with E-state index in [1.165, 1.54) is 6.07 Å². The first-order valence-corrected chi connectivity index (χ1v) is 8.38. The molecule has 0 saturated carbocycles. The number of para-hydroxylation sites is 1. The third-order valence-electron chi connectivity index (χ3n) is 3.00. The van der Waals surface area contributed by atoms with Crippen LogP contribution in [0.15, 0.2) is 64.1 Å². The molecule has 1 aromatic heterocycles. The summed E-state index contributed by atoms with van der Waals surface area (Å²) in [6.07, 6.45) is 0. The average molecular weight is 351 g/mol. The minimum Gasteiger partial charge on any atom is -0.443 e. The molecule has 1 heterocycles. The van der Waals surface area contributed by atoms with E-state index in [1.54, 1.807) is 48.5 Å². The van der Waals surface area contributed by atoms with Gasteiger partial charge in [0.05, 0.1) is 0 Å². The lowest BCUT2D eigenvalue weighted by Crippen LogP contribution is -2.34. The van der Waals surface area contributed by atoms with Crippen molar-refractivity contribution in [1.29, 1.82) is 0 Å². The van der Waals surface area contributed by atoms with Gasteiger partial charge in [-0.1, -0.05) is 29.8 Å². The van der Waals surface area contributed by atoms with Gasteiger partial charge in [0, 0.05) is 22.2 Å². The van der Waals surface area contributed by atoms with Crippen LogP contribution in [-0.4, -0.2) is 14.4 Å². The van der Waals surface area contributed by atoms with E-state index in [1.807, 2.05) is 4.72 Å². The summed E-state index contributed by atoms with van der Waals surface area (Å²) in [5, 5.41) is 3.21. The predicted octanol–water partition coefficient (Wildman–Crippen LogP) is 3.60. The number of furan rings is 1. The molecule has 2 N–H and O–H groups in total. The van der Waals surface area contributed by atoms with Gasteiger partial charge >= 0.3 is 6.03 Å². The molecule has 0 fully saturated rings. The van der Waals surface area contributed by atoms with Crippen LogP contribution < -0.4 is 10.0 Å². The lowest BCUT2D eigenvalue weighted by molar-refractivity contribution is 0.256. The number of carbonyl (C=O) groups is 1. The second-order valence-electron chi connectivity index (χ2n) is 4.67. The molecule has 0 spiro atoms. The number of fused-ring (bicyclic) bond motifs is 1. The number of rotatable bonds is 3. The first-order chi connectivity index (χ1) is 10.9. The van der Waals surface area contributed by atoms with E-state index in [9.17, 15) is 13.2 Å². The van der Waals surface area contributed by atoms with Gasteiger partial charge in [-0.05, 0) is 30.3 Å². The van der Waals surface area contributed by atoms with Crippen LogP contribution in [0.2, 0.25) is 5.02 Å². The van der Waals surface area contributed by atoms with Crippen molar-refractivity contribution >= 4 is 44.3 Å². The third kappa shape index (κ3) is 3.46. The molecule has 0 aliphatic heterocycles. The highest BCUT2D eigenvalue weighted by Gasteiger charge is 2.22. The van der Waals surface area contributed by atoms with Crippen LogP contribution in [0.3, 0.4) is 0 Å². The number of hydrogen-bond acceptors (Lipinski definition) is 4. The maximum absolute atomic E-state index is 12.2. The average Bonchev–Trinajstić information content (AvgIpc) is 2.94. The van der Waals surface area contributed by atoms with E-state index in [2.05, 4.69) is 5.32 Å². The second kappa shape index (κ2) is 5.94. The van der Waals surface area contributed by atoms with Crippen LogP contribution in [0, 0.1) is 0 Å². The van der Waals surface area contributed by atoms with Crippen LogP contribution in [0.1, 0.15) is 0 Å². The van der Waals surface area contributed by atoms with Crippen LogP contribution in [0.25, 0.3) is 11.0 Å². The van der Waals surface area contributed by atoms with Crippen LogP contribution >= 0.6 is 11.6 Å². The number of benzene rings is 2. The Kier molecular flexibility index (Phi) is 3.97. The van der Waals surface area contributed by atoms with E-state index in [0.717, 1.165) is 0 Å². The SMILES string of the molecule is O=C(Nc1ccc(Cl)cc1)NS(=O)(=O)c1cc2ccccc2o1. The second-order valence-corrected chi connectivity index (χ2v) is 6.72. The van der Waals surface area contributed by atoms with Gasteiger partial charge in [0.25, 0.3) is 10.0 Å². The minimum absolute atomic E-state index is 0.329. The Hall–Kier alpha value is -2.51. The Balaban J connectivity index is 1.77. The highest BCUT2D eigenvalue weighted by Crippen LogP contribution is 2.22. The van der Waals surface area contributed by atoms with Gasteiger partial charge in [-0.15, -0.1) is 0 Å². The maximum atomic E-state index is 12.2. The quantitative estimate of drug-likeness (QED) is 0.755. The van der Waals surface area contributed by atoms with Gasteiger partial charge in [-0.25, -0.2) is 9.52 Å². The van der Waals surface area contributed by atoms with Crippen molar-refractivity contribution in [2.75, 3.05) is 5.32 Å². The summed E-state index contributed by atoms with van der Waals surface area (Å²) in [5.41, 5.74) is 0.831. The summed E-state index contributed by atoms with van der Waals surface area (Å²) in [7, 11) is -4.10. The topological polar surface area (TPSA) is 88.4 Å². The molecular weight excluding hydrogens is 340 g/mol. The minimum atomic E-state index is -4.10. The van der Waals surface area contributed by atoms with Crippen molar-refractivity contribution in [3.8, 4) is 0 Å². The Morgan fingerprint density at radius 3 is 2.43 bits per heavy atom. The number of carbonyl (C=O) groups excluding carboxylic acids is 1. The number of nitrogens with one attached hydrogen (secondary N) is 2. The van der Waals surface area contributed by atoms with Crippen molar-refractivity contribution in [2.24, 2.45) is 0 Å². The van der Waals surface area contributed by atoms with Crippen molar-refractivity contribution in [2.45, 2.75) is 5.09 Å². The molecule has 0 radical (unpaired) electrons. The molecule has 0 unspecified atom stereocenters. The third-order valence-corrected chi connectivity index (χ3v) is 4.43. The van der Waals surface area contributed by atoms with E-state index < -0.39 is 16.1 Å². The fourth-order valence-corrected chi connectivity index (χ4v) is 2.96. The zero-order valence-electron chi connectivity index (χ0n) is 11.6. The fourth-order valence-electron chi connectivity index (χ4n) is 1.95. The highest BCUT2D eigenvalue weighted by atomic mass is 35.5. The lowest BCUT2D eigenvalue weighted by Gasteiger charge is -2.06. The van der Waals surface area contributed by atoms with Gasteiger partial charge in [-0.3, -0.25) is 0 Å². The predicted molar refractivity (Wildman–Crippen MR) is 87.0 cm³/mol. The number of anilines is 1. The normalized spacial score (nSPS) is 11.3. The number of urea groups is 1. The molecule has 118 valence electrons. The van der Waals surface area contributed by atoms with E-state index in [0.29, 0.717) is 21.7 Å². The van der Waals surface area contributed by atoms with E-state index in [-0.39, 0.29) is 5.09 Å². The first-order valence-electron chi connectivity index (χ1n) is 6.52. The molecular formula is C15H11ClN2O4S. The molecule has 0 saturated heterocycles. The molecule has 23 heavy (non-hydrogen) atoms. The summed E-state index contributed by atoms with van der Waals surface area (Å²) >= 11 is 5.74. The molecule has 0 atom stereocenters. The summed E-state index contributed by atoms with van der Waals surface area (Å²) in [4.78, 5) is 11.8. The number of halogens is 1. The van der Waals surface area contributed by atoms with E-state index in [4.69, 9.17) is 16.0 Å². The van der Waals surface area contributed by atoms with Crippen molar-refractivity contribution in [1.82, 2.24) is 4.72 Å². The number of sulfonamides is 1. The van der Waals surface area contributed by atoms with Gasteiger partial charge < -0.3 is 9.73 Å². The summed E-state index contributed by atoms with van der Waals surface area (Å²) in [6.45, 7) is 0.